The van der Waals surface area contributed by atoms with Crippen LogP contribution in [0.25, 0.3) is 0 Å². The maximum absolute atomic E-state index is 11.9. The van der Waals surface area contributed by atoms with Gasteiger partial charge in [-0.25, -0.2) is 9.97 Å². The van der Waals surface area contributed by atoms with Crippen molar-refractivity contribution in [2.24, 2.45) is 28.9 Å². The van der Waals surface area contributed by atoms with E-state index < -0.39 is 0 Å². The van der Waals surface area contributed by atoms with Crippen LogP contribution in [0, 0.1) is 23.2 Å². The number of aliphatic hydroxyl groups is 1. The van der Waals surface area contributed by atoms with Crippen LogP contribution in [-0.2, 0) is 17.8 Å². The van der Waals surface area contributed by atoms with Crippen molar-refractivity contribution in [3.63, 3.8) is 0 Å². The van der Waals surface area contributed by atoms with Gasteiger partial charge in [-0.3, -0.25) is 4.79 Å². The first-order chi connectivity index (χ1) is 13.6. The van der Waals surface area contributed by atoms with E-state index in [4.69, 9.17) is 5.73 Å². The quantitative estimate of drug-likeness (QED) is 0.706. The zero-order valence-electron chi connectivity index (χ0n) is 16.4. The lowest BCUT2D eigenvalue weighted by atomic mass is 9.48. The van der Waals surface area contributed by atoms with Gasteiger partial charge in [-0.2, -0.15) is 0 Å². The monoisotopic (exact) mass is 385 g/mol. The SMILES string of the molecule is NCC(=O)N1CCc2c(ncnc2NCC(O)C23CC4CC(CC(C4)C2)C3)C1. The first-order valence-corrected chi connectivity index (χ1v) is 10.8. The molecule has 1 aromatic rings. The van der Waals surface area contributed by atoms with Gasteiger partial charge >= 0.3 is 0 Å². The van der Waals surface area contributed by atoms with E-state index in [2.05, 4.69) is 15.3 Å². The Hall–Kier alpha value is -1.73. The van der Waals surface area contributed by atoms with Gasteiger partial charge in [-0.15, -0.1) is 0 Å². The van der Waals surface area contributed by atoms with Gasteiger partial charge in [0.1, 0.15) is 12.1 Å². The number of aliphatic hydroxyl groups excluding tert-OH is 1. The molecular weight excluding hydrogens is 354 g/mol. The minimum atomic E-state index is -0.328. The summed E-state index contributed by atoms with van der Waals surface area (Å²) in [6, 6.07) is 0. The zero-order valence-corrected chi connectivity index (χ0v) is 16.4. The van der Waals surface area contributed by atoms with Crippen LogP contribution in [0.5, 0.6) is 0 Å². The topological polar surface area (TPSA) is 104 Å². The van der Waals surface area contributed by atoms with Crippen LogP contribution < -0.4 is 11.1 Å². The van der Waals surface area contributed by atoms with E-state index in [0.717, 1.165) is 41.2 Å². The molecule has 4 aliphatic carbocycles. The van der Waals surface area contributed by atoms with Crippen LogP contribution >= 0.6 is 0 Å². The molecule has 6 rings (SSSR count). The van der Waals surface area contributed by atoms with Crippen molar-refractivity contribution in [3.05, 3.63) is 17.6 Å². The van der Waals surface area contributed by atoms with E-state index in [9.17, 15) is 9.90 Å². The molecule has 7 nitrogen and oxygen atoms in total. The highest BCUT2D eigenvalue weighted by atomic mass is 16.3. The smallest absolute Gasteiger partial charge is 0.236 e. The number of rotatable bonds is 5. The highest BCUT2D eigenvalue weighted by Crippen LogP contribution is 2.61. The van der Waals surface area contributed by atoms with Crippen LogP contribution in [0.2, 0.25) is 0 Å². The predicted octanol–water partition coefficient (Wildman–Crippen LogP) is 1.31. The van der Waals surface area contributed by atoms with Crippen molar-refractivity contribution in [2.75, 3.05) is 25.0 Å². The Labute approximate surface area is 166 Å². The number of anilines is 1. The normalized spacial score (nSPS) is 34.2. The molecule has 1 amide bonds. The predicted molar refractivity (Wildman–Crippen MR) is 105 cm³/mol. The third-order valence-corrected chi connectivity index (χ3v) is 7.79. The van der Waals surface area contributed by atoms with Gasteiger partial charge in [0.15, 0.2) is 0 Å². The Bertz CT molecular complexity index is 732. The Kier molecular flexibility index (Phi) is 4.55. The second-order valence-corrected chi connectivity index (χ2v) is 9.59. The van der Waals surface area contributed by atoms with Crippen LogP contribution in [0.4, 0.5) is 5.82 Å². The van der Waals surface area contributed by atoms with Gasteiger partial charge in [0, 0.05) is 18.7 Å². The number of hydrogen-bond acceptors (Lipinski definition) is 6. The standard InChI is InChI=1S/C21H31N5O2/c22-9-19(28)26-2-1-16-17(11-26)24-12-25-20(16)23-10-18(27)21-6-13-3-14(7-21)5-15(4-13)8-21/h12-15,18,27H,1-11,22H2,(H,23,24,25). The molecule has 0 saturated heterocycles. The van der Waals surface area contributed by atoms with Gasteiger partial charge in [0.2, 0.25) is 5.91 Å². The Morgan fingerprint density at radius 1 is 1.25 bits per heavy atom. The molecule has 1 aliphatic heterocycles. The van der Waals surface area contributed by atoms with Crippen molar-refractivity contribution in [2.45, 2.75) is 57.6 Å². The fraction of sp³-hybridized carbons (Fsp3) is 0.762. The van der Waals surface area contributed by atoms with Crippen LogP contribution in [-0.4, -0.2) is 51.6 Å². The molecule has 7 heteroatoms. The molecule has 28 heavy (non-hydrogen) atoms. The van der Waals surface area contributed by atoms with E-state index in [1.54, 1.807) is 11.2 Å². The number of nitrogens with two attached hydrogens (primary N) is 1. The van der Waals surface area contributed by atoms with Crippen molar-refractivity contribution < 1.29 is 9.90 Å². The fourth-order valence-corrected chi connectivity index (χ4v) is 6.84. The second-order valence-electron chi connectivity index (χ2n) is 9.59. The first-order valence-electron chi connectivity index (χ1n) is 10.8. The lowest BCUT2D eigenvalue weighted by Gasteiger charge is -2.58. The number of aromatic nitrogens is 2. The molecule has 0 spiro atoms. The van der Waals surface area contributed by atoms with Crippen molar-refractivity contribution in [1.82, 2.24) is 14.9 Å². The van der Waals surface area contributed by atoms with Gasteiger partial charge < -0.3 is 21.1 Å². The van der Waals surface area contributed by atoms with Crippen molar-refractivity contribution >= 4 is 11.7 Å². The lowest BCUT2D eigenvalue weighted by molar-refractivity contribution is -0.130. The molecule has 0 radical (unpaired) electrons. The summed E-state index contributed by atoms with van der Waals surface area (Å²) in [4.78, 5) is 22.5. The molecule has 4 N–H and O–H groups in total. The molecule has 4 bridgehead atoms. The largest absolute Gasteiger partial charge is 0.391 e. The molecule has 0 aromatic carbocycles. The van der Waals surface area contributed by atoms with Crippen molar-refractivity contribution in [3.8, 4) is 0 Å². The van der Waals surface area contributed by atoms with Gasteiger partial charge in [0.05, 0.1) is 24.9 Å². The number of carbonyl (C=O) groups is 1. The Morgan fingerprint density at radius 3 is 2.57 bits per heavy atom. The second kappa shape index (κ2) is 6.95. The summed E-state index contributed by atoms with van der Waals surface area (Å²) in [5.41, 5.74) is 7.56. The van der Waals surface area contributed by atoms with Crippen LogP contribution in [0.1, 0.15) is 49.8 Å². The summed E-state index contributed by atoms with van der Waals surface area (Å²) in [5.74, 6) is 3.26. The summed E-state index contributed by atoms with van der Waals surface area (Å²) in [7, 11) is 0. The summed E-state index contributed by atoms with van der Waals surface area (Å²) < 4.78 is 0. The lowest BCUT2D eigenvalue weighted by Crippen LogP contribution is -2.53. The number of hydrogen-bond donors (Lipinski definition) is 3. The molecule has 1 unspecified atom stereocenters. The Morgan fingerprint density at radius 2 is 1.93 bits per heavy atom. The number of nitrogens with one attached hydrogen (secondary N) is 1. The molecular formula is C21H31N5O2. The van der Waals surface area contributed by atoms with Gasteiger partial charge in [0.25, 0.3) is 0 Å². The maximum Gasteiger partial charge on any atom is 0.236 e. The van der Waals surface area contributed by atoms with E-state index in [0.29, 0.717) is 19.6 Å². The fourth-order valence-electron chi connectivity index (χ4n) is 6.84. The molecule has 2 heterocycles. The molecule has 1 aromatic heterocycles. The highest BCUT2D eigenvalue weighted by molar-refractivity contribution is 5.78. The maximum atomic E-state index is 11.9. The molecule has 4 fully saturated rings. The van der Waals surface area contributed by atoms with E-state index in [1.807, 2.05) is 0 Å². The van der Waals surface area contributed by atoms with Crippen LogP contribution in [0.15, 0.2) is 6.33 Å². The minimum absolute atomic E-state index is 0.0305. The third-order valence-electron chi connectivity index (χ3n) is 7.79. The highest BCUT2D eigenvalue weighted by Gasteiger charge is 2.53. The van der Waals surface area contributed by atoms with E-state index >= 15 is 0 Å². The Balaban J connectivity index is 1.27. The van der Waals surface area contributed by atoms with E-state index in [1.165, 1.54) is 38.5 Å². The van der Waals surface area contributed by atoms with Crippen LogP contribution in [0.3, 0.4) is 0 Å². The van der Waals surface area contributed by atoms with Gasteiger partial charge in [-0.1, -0.05) is 0 Å². The average Bonchev–Trinajstić information content (AvgIpc) is 2.69. The first kappa shape index (κ1) is 18.3. The number of carbonyl (C=O) groups excluding carboxylic acids is 1. The summed E-state index contributed by atoms with van der Waals surface area (Å²) in [6.45, 7) is 1.70. The van der Waals surface area contributed by atoms with Gasteiger partial charge in [-0.05, 0) is 68.1 Å². The average molecular weight is 386 g/mol. The number of fused-ring (bicyclic) bond motifs is 1. The molecule has 152 valence electrons. The van der Waals surface area contributed by atoms with E-state index in [-0.39, 0.29) is 24.0 Å². The summed E-state index contributed by atoms with van der Waals surface area (Å²) in [6.07, 6.45) is 9.68. The summed E-state index contributed by atoms with van der Waals surface area (Å²) >= 11 is 0. The number of nitrogens with zero attached hydrogens (tertiary/aromatic N) is 3. The molecule has 1 atom stereocenters. The zero-order chi connectivity index (χ0) is 19.3. The van der Waals surface area contributed by atoms with Crippen molar-refractivity contribution in [1.29, 1.82) is 0 Å². The molecule has 4 saturated carbocycles. The third kappa shape index (κ3) is 3.08. The summed E-state index contributed by atoms with van der Waals surface area (Å²) in [5, 5.41) is 14.6. The number of amides is 1. The minimum Gasteiger partial charge on any atom is -0.391 e. The molecule has 5 aliphatic rings.